The van der Waals surface area contributed by atoms with Crippen LogP contribution in [0, 0.1) is 6.92 Å². The molecule has 0 spiro atoms. The van der Waals surface area contributed by atoms with Crippen molar-refractivity contribution in [1.29, 1.82) is 0 Å². The fourth-order valence-electron chi connectivity index (χ4n) is 1.82. The third-order valence-corrected chi connectivity index (χ3v) is 2.87. The summed E-state index contributed by atoms with van der Waals surface area (Å²) in [4.78, 5) is 0. The maximum absolute atomic E-state index is 4.14. The molecule has 0 saturated heterocycles. The smallest absolute Gasteiger partial charge is 0.0479 e. The van der Waals surface area contributed by atoms with Gasteiger partial charge in [-0.1, -0.05) is 50.8 Å². The highest BCUT2D eigenvalue weighted by Crippen LogP contribution is 2.03. The Balaban J connectivity index is 0.00000154. The molecule has 1 nitrogen and oxygen atoms in total. The highest BCUT2D eigenvalue weighted by atomic mass is 14.9. The molecule has 0 aliphatic rings. The Labute approximate surface area is 118 Å². The maximum atomic E-state index is 4.14. The Morgan fingerprint density at radius 2 is 1.58 bits per heavy atom. The molecule has 0 aliphatic carbocycles. The highest BCUT2D eigenvalue weighted by Gasteiger charge is 2.03. The summed E-state index contributed by atoms with van der Waals surface area (Å²) in [7, 11) is 2.08. The van der Waals surface area contributed by atoms with Gasteiger partial charge in [0.05, 0.1) is 0 Å². The van der Waals surface area contributed by atoms with Gasteiger partial charge in [-0.3, -0.25) is 0 Å². The molecule has 0 N–H and O–H groups in total. The average molecular weight is 257 g/mol. The van der Waals surface area contributed by atoms with Gasteiger partial charge in [-0.15, -0.1) is 0 Å². The average Bonchev–Trinajstić information content (AvgIpc) is 2.63. The van der Waals surface area contributed by atoms with E-state index in [1.807, 2.05) is 52.0 Å². The molecule has 1 aromatic rings. The minimum Gasteiger partial charge on any atom is -0.344 e. The molecule has 104 valence electrons. The van der Waals surface area contributed by atoms with Crippen molar-refractivity contribution in [2.24, 2.45) is 7.05 Å². The van der Waals surface area contributed by atoms with E-state index in [0.717, 1.165) is 5.22 Å². The lowest BCUT2D eigenvalue weighted by Gasteiger charge is -1.98. The summed E-state index contributed by atoms with van der Waals surface area (Å²) in [6.45, 7) is 14.3. The Kier molecular flexibility index (Phi) is 8.35. The predicted octanol–water partition coefficient (Wildman–Crippen LogP) is 3.72. The number of aromatic nitrogens is 1. The van der Waals surface area contributed by atoms with E-state index in [9.17, 15) is 0 Å². The first-order chi connectivity index (χ1) is 9.13. The largest absolute Gasteiger partial charge is 0.344 e. The third-order valence-electron chi connectivity index (χ3n) is 2.87. The van der Waals surface area contributed by atoms with E-state index >= 15 is 0 Å². The molecule has 0 saturated carbocycles. The van der Waals surface area contributed by atoms with E-state index in [1.54, 1.807) is 0 Å². The quantitative estimate of drug-likeness (QED) is 0.727. The summed E-state index contributed by atoms with van der Waals surface area (Å²) in [6.07, 6.45) is 14.4. The Hall–Kier alpha value is -1.76. The van der Waals surface area contributed by atoms with Crippen LogP contribution in [-0.4, -0.2) is 4.57 Å². The summed E-state index contributed by atoms with van der Waals surface area (Å²) < 4.78 is 2.18. The molecule has 0 aliphatic heterocycles. The minimum atomic E-state index is 1.10. The molecule has 0 bridgehead atoms. The van der Waals surface area contributed by atoms with Gasteiger partial charge in [-0.25, -0.2) is 0 Å². The summed E-state index contributed by atoms with van der Waals surface area (Å²) in [5.74, 6) is 0. The molecule has 1 aromatic heterocycles. The lowest BCUT2D eigenvalue weighted by molar-refractivity contribution is 0.876. The fourth-order valence-corrected chi connectivity index (χ4v) is 1.82. The number of hydrogen-bond acceptors (Lipinski definition) is 0. The van der Waals surface area contributed by atoms with Gasteiger partial charge in [-0.2, -0.15) is 0 Å². The summed E-state index contributed by atoms with van der Waals surface area (Å²) in [5.41, 5.74) is 2.45. The zero-order valence-electron chi connectivity index (χ0n) is 13.2. The van der Waals surface area contributed by atoms with Crippen LogP contribution < -0.4 is 10.6 Å². The van der Waals surface area contributed by atoms with Crippen LogP contribution in [0.1, 0.15) is 39.0 Å². The van der Waals surface area contributed by atoms with Gasteiger partial charge in [0.2, 0.25) is 0 Å². The van der Waals surface area contributed by atoms with Crippen molar-refractivity contribution >= 4 is 18.7 Å². The van der Waals surface area contributed by atoms with Gasteiger partial charge < -0.3 is 4.57 Å². The molecule has 0 fully saturated rings. The fraction of sp³-hybridized carbons (Fsp3) is 0.333. The van der Waals surface area contributed by atoms with Crippen molar-refractivity contribution in [2.75, 3.05) is 0 Å². The van der Waals surface area contributed by atoms with E-state index in [0.29, 0.717) is 0 Å². The molecule has 1 heterocycles. The van der Waals surface area contributed by atoms with Crippen LogP contribution in [0.5, 0.6) is 0 Å². The number of allylic oxidation sites excluding steroid dienone is 5. The number of nitrogens with zero attached hydrogens (tertiary/aromatic N) is 1. The van der Waals surface area contributed by atoms with E-state index in [2.05, 4.69) is 43.3 Å². The van der Waals surface area contributed by atoms with Gasteiger partial charge in [-0.05, 0) is 43.7 Å². The lowest BCUT2D eigenvalue weighted by Crippen LogP contribution is -2.26. The molecule has 19 heavy (non-hydrogen) atoms. The van der Waals surface area contributed by atoms with Crippen LogP contribution in [0.15, 0.2) is 30.4 Å². The number of hydrogen-bond donors (Lipinski definition) is 0. The summed E-state index contributed by atoms with van der Waals surface area (Å²) in [5, 5.41) is 2.27. The Morgan fingerprint density at radius 1 is 1.00 bits per heavy atom. The minimum absolute atomic E-state index is 1.10. The second-order valence-corrected chi connectivity index (χ2v) is 4.01. The monoisotopic (exact) mass is 257 g/mol. The van der Waals surface area contributed by atoms with Gasteiger partial charge in [0, 0.05) is 18.1 Å². The van der Waals surface area contributed by atoms with Gasteiger partial charge in [0.1, 0.15) is 0 Å². The lowest BCUT2D eigenvalue weighted by atomic mass is 10.2. The topological polar surface area (TPSA) is 4.93 Å². The summed E-state index contributed by atoms with van der Waals surface area (Å²) >= 11 is 0. The van der Waals surface area contributed by atoms with Crippen LogP contribution in [0.3, 0.4) is 0 Å². The predicted molar refractivity (Wildman–Crippen MR) is 89.4 cm³/mol. The van der Waals surface area contributed by atoms with E-state index in [4.69, 9.17) is 0 Å². The Morgan fingerprint density at radius 3 is 2.11 bits per heavy atom. The van der Waals surface area contributed by atoms with Crippen LogP contribution in [-0.2, 0) is 7.05 Å². The van der Waals surface area contributed by atoms with Crippen molar-refractivity contribution in [3.05, 3.63) is 52.2 Å². The first kappa shape index (κ1) is 17.2. The first-order valence-electron chi connectivity index (χ1n) is 6.90. The van der Waals surface area contributed by atoms with Crippen LogP contribution in [0.25, 0.3) is 18.7 Å². The highest BCUT2D eigenvalue weighted by molar-refractivity contribution is 5.54. The molecular formula is C18H27N. The molecule has 1 rings (SSSR count). The van der Waals surface area contributed by atoms with Crippen molar-refractivity contribution in [2.45, 2.75) is 34.6 Å². The van der Waals surface area contributed by atoms with Crippen molar-refractivity contribution < 1.29 is 0 Å². The molecular weight excluding hydrogens is 230 g/mol. The molecule has 0 radical (unpaired) electrons. The number of rotatable bonds is 3. The SMILES string of the molecule is C=c1c(C)c(/C=C\C=C/C)n(C)/c1=C/C=C\C.CC. The zero-order valence-corrected chi connectivity index (χ0v) is 13.2. The normalized spacial score (nSPS) is 12.6. The van der Waals surface area contributed by atoms with Gasteiger partial charge in [0.25, 0.3) is 0 Å². The van der Waals surface area contributed by atoms with Crippen LogP contribution in [0.4, 0.5) is 0 Å². The van der Waals surface area contributed by atoms with E-state index in [1.165, 1.54) is 16.6 Å². The summed E-state index contributed by atoms with van der Waals surface area (Å²) in [6, 6.07) is 0. The second kappa shape index (κ2) is 9.21. The Bertz CT molecular complexity index is 566. The molecule has 0 amide bonds. The van der Waals surface area contributed by atoms with Crippen molar-refractivity contribution in [3.8, 4) is 0 Å². The van der Waals surface area contributed by atoms with Crippen LogP contribution >= 0.6 is 0 Å². The van der Waals surface area contributed by atoms with Crippen LogP contribution in [0.2, 0.25) is 0 Å². The second-order valence-electron chi connectivity index (χ2n) is 4.01. The molecule has 1 heteroatoms. The van der Waals surface area contributed by atoms with Gasteiger partial charge in [0.15, 0.2) is 0 Å². The molecule has 0 atom stereocenters. The molecule has 0 aromatic carbocycles. The van der Waals surface area contributed by atoms with Crippen molar-refractivity contribution in [1.82, 2.24) is 4.57 Å². The van der Waals surface area contributed by atoms with Crippen molar-refractivity contribution in [3.63, 3.8) is 0 Å². The molecule has 0 unspecified atom stereocenters. The van der Waals surface area contributed by atoms with E-state index in [-0.39, 0.29) is 0 Å². The first-order valence-corrected chi connectivity index (χ1v) is 6.90. The maximum Gasteiger partial charge on any atom is 0.0479 e. The van der Waals surface area contributed by atoms with E-state index < -0.39 is 0 Å². The third kappa shape index (κ3) is 4.44. The zero-order chi connectivity index (χ0) is 14.8. The van der Waals surface area contributed by atoms with Gasteiger partial charge >= 0.3 is 0 Å². The standard InChI is InChI=1S/C16H21N.C2H6/c1-6-8-10-12-16-14(4)13(3)15(17(16)5)11-9-7-2;1-2/h6-12H,3H2,1-2,4-5H3;1-2H3/b8-6-,9-7-,12-10-,15-11+;.